The number of amides is 2. The molecule has 3 aromatic rings. The number of aromatic nitrogens is 3. The molecule has 3 aromatic heterocycles. The minimum Gasteiger partial charge on any atom is -0.354 e. The first-order valence-corrected chi connectivity index (χ1v) is 9.58. The normalized spacial score (nSPS) is 16.7. The van der Waals surface area contributed by atoms with Crippen molar-refractivity contribution in [3.63, 3.8) is 0 Å². The van der Waals surface area contributed by atoms with Crippen LogP contribution in [-0.2, 0) is 0 Å². The fraction of sp³-hybridized carbons (Fsp3) is 0.316. The number of nitrogens with one attached hydrogen (secondary N) is 1. The van der Waals surface area contributed by atoms with Gasteiger partial charge in [0.05, 0.1) is 4.88 Å². The number of aryl methyl sites for hydroxylation is 1. The quantitative estimate of drug-likeness (QED) is 0.753. The fourth-order valence-corrected chi connectivity index (χ4v) is 4.64. The molecule has 0 bridgehead atoms. The average molecular weight is 381 g/mol. The third-order valence-corrected chi connectivity index (χ3v) is 5.89. The molecule has 0 spiro atoms. The molecule has 4 heterocycles. The lowest BCUT2D eigenvalue weighted by molar-refractivity contribution is 0.0784. The zero-order valence-electron chi connectivity index (χ0n) is 15.1. The zero-order chi connectivity index (χ0) is 19.0. The number of nitrogens with zero attached hydrogens (tertiary/aromatic N) is 4. The van der Waals surface area contributed by atoms with Crippen molar-refractivity contribution in [1.82, 2.24) is 25.2 Å². The summed E-state index contributed by atoms with van der Waals surface area (Å²) in [5, 5.41) is 2.70. The molecule has 0 aliphatic carbocycles. The van der Waals surface area contributed by atoms with Crippen molar-refractivity contribution in [2.75, 3.05) is 20.1 Å². The average Bonchev–Trinajstić information content (AvgIpc) is 3.31. The van der Waals surface area contributed by atoms with Crippen molar-refractivity contribution in [2.45, 2.75) is 19.3 Å². The molecule has 1 saturated heterocycles. The molecule has 0 radical (unpaired) electrons. The third-order valence-electron chi connectivity index (χ3n) is 4.79. The third kappa shape index (κ3) is 3.16. The highest BCUT2D eigenvalue weighted by molar-refractivity contribution is 7.20. The molecule has 1 fully saturated rings. The molecule has 4 rings (SSSR count). The van der Waals surface area contributed by atoms with Crippen LogP contribution in [0.15, 0.2) is 30.6 Å². The Labute approximate surface area is 160 Å². The fourth-order valence-electron chi connectivity index (χ4n) is 3.51. The lowest BCUT2D eigenvalue weighted by Gasteiger charge is -2.16. The van der Waals surface area contributed by atoms with Crippen molar-refractivity contribution in [2.24, 2.45) is 0 Å². The summed E-state index contributed by atoms with van der Waals surface area (Å²) in [6.07, 6.45) is 4.05. The molecule has 1 aliphatic heterocycles. The van der Waals surface area contributed by atoms with Gasteiger partial charge in [-0.25, -0.2) is 9.97 Å². The summed E-state index contributed by atoms with van der Waals surface area (Å²) in [6, 6.07) is 5.45. The number of hydrogen-bond acceptors (Lipinski definition) is 6. The van der Waals surface area contributed by atoms with Crippen molar-refractivity contribution in [3.8, 4) is 0 Å². The van der Waals surface area contributed by atoms with Gasteiger partial charge in [-0.05, 0) is 25.5 Å². The van der Waals surface area contributed by atoms with Crippen molar-refractivity contribution in [3.05, 3.63) is 52.4 Å². The maximum absolute atomic E-state index is 12.8. The molecule has 1 atom stereocenters. The molecule has 8 heteroatoms. The van der Waals surface area contributed by atoms with E-state index in [1.54, 1.807) is 30.4 Å². The number of rotatable bonds is 3. The van der Waals surface area contributed by atoms with E-state index in [0.717, 1.165) is 28.0 Å². The molecule has 1 aliphatic rings. The molecule has 7 nitrogen and oxygen atoms in total. The van der Waals surface area contributed by atoms with E-state index in [1.165, 1.54) is 11.3 Å². The Morgan fingerprint density at radius 2 is 2.07 bits per heavy atom. The minimum atomic E-state index is -0.139. The molecule has 1 N–H and O–H groups in total. The van der Waals surface area contributed by atoms with E-state index in [2.05, 4.69) is 20.3 Å². The van der Waals surface area contributed by atoms with Crippen molar-refractivity contribution < 1.29 is 9.59 Å². The summed E-state index contributed by atoms with van der Waals surface area (Å²) in [6.45, 7) is 3.04. The second kappa shape index (κ2) is 7.03. The van der Waals surface area contributed by atoms with Crippen LogP contribution in [0.4, 0.5) is 0 Å². The van der Waals surface area contributed by atoms with Gasteiger partial charge in [-0.15, -0.1) is 11.3 Å². The van der Waals surface area contributed by atoms with Crippen LogP contribution in [0.5, 0.6) is 0 Å². The summed E-state index contributed by atoms with van der Waals surface area (Å²) >= 11 is 1.35. The highest BCUT2D eigenvalue weighted by atomic mass is 32.1. The Hall–Kier alpha value is -2.87. The van der Waals surface area contributed by atoms with Crippen LogP contribution < -0.4 is 5.32 Å². The molecule has 27 heavy (non-hydrogen) atoms. The van der Waals surface area contributed by atoms with E-state index >= 15 is 0 Å². The SMILES string of the molecule is CNC(=O)c1sc2nccnc2c1[C@@H]1CCN(C(=O)c2cccc(C)n2)C1. The second-order valence-electron chi connectivity index (χ2n) is 6.54. The van der Waals surface area contributed by atoms with Crippen LogP contribution >= 0.6 is 11.3 Å². The Morgan fingerprint density at radius 1 is 1.26 bits per heavy atom. The molecule has 0 saturated carbocycles. The zero-order valence-corrected chi connectivity index (χ0v) is 15.9. The van der Waals surface area contributed by atoms with Gasteiger partial charge in [0.1, 0.15) is 16.0 Å². The summed E-state index contributed by atoms with van der Waals surface area (Å²) < 4.78 is 0. The van der Waals surface area contributed by atoms with Crippen LogP contribution in [0, 0.1) is 6.92 Å². The lowest BCUT2D eigenvalue weighted by atomic mass is 9.97. The highest BCUT2D eigenvalue weighted by Gasteiger charge is 2.33. The number of hydrogen-bond donors (Lipinski definition) is 1. The predicted molar refractivity (Wildman–Crippen MR) is 103 cm³/mol. The molecule has 0 aromatic carbocycles. The first kappa shape index (κ1) is 17.5. The van der Waals surface area contributed by atoms with Gasteiger partial charge in [-0.1, -0.05) is 6.07 Å². The maximum Gasteiger partial charge on any atom is 0.272 e. The lowest BCUT2D eigenvalue weighted by Crippen LogP contribution is -2.29. The number of carbonyl (C=O) groups excluding carboxylic acids is 2. The van der Waals surface area contributed by atoms with E-state index in [0.29, 0.717) is 23.7 Å². The monoisotopic (exact) mass is 381 g/mol. The van der Waals surface area contributed by atoms with Gasteiger partial charge >= 0.3 is 0 Å². The van der Waals surface area contributed by atoms with Crippen LogP contribution in [0.1, 0.15) is 43.8 Å². The van der Waals surface area contributed by atoms with Crippen LogP contribution in [0.2, 0.25) is 0 Å². The molecule has 2 amide bonds. The summed E-state index contributed by atoms with van der Waals surface area (Å²) in [4.78, 5) is 41.5. The van der Waals surface area contributed by atoms with Gasteiger partial charge in [0.2, 0.25) is 0 Å². The van der Waals surface area contributed by atoms with Crippen molar-refractivity contribution in [1.29, 1.82) is 0 Å². The van der Waals surface area contributed by atoms with Crippen molar-refractivity contribution >= 4 is 33.5 Å². The molecule has 138 valence electrons. The standard InChI is InChI=1S/C19H19N5O2S/c1-11-4-3-5-13(23-11)19(26)24-9-6-12(10-24)14-15-18(22-8-7-21-15)27-16(14)17(25)20-2/h3-5,7-8,12H,6,9-10H2,1-2H3,(H,20,25)/t12-/m1/s1. The van der Waals surface area contributed by atoms with Crippen LogP contribution in [0.25, 0.3) is 10.3 Å². The van der Waals surface area contributed by atoms with Gasteiger partial charge in [-0.2, -0.15) is 0 Å². The Kier molecular flexibility index (Phi) is 4.57. The van der Waals surface area contributed by atoms with Gasteiger partial charge in [0.25, 0.3) is 11.8 Å². The van der Waals surface area contributed by atoms with E-state index < -0.39 is 0 Å². The van der Waals surface area contributed by atoms with Crippen LogP contribution in [-0.4, -0.2) is 51.8 Å². The largest absolute Gasteiger partial charge is 0.354 e. The van der Waals surface area contributed by atoms with E-state index in [-0.39, 0.29) is 17.7 Å². The first-order valence-electron chi connectivity index (χ1n) is 8.77. The number of pyridine rings is 1. The van der Waals surface area contributed by atoms with E-state index in [1.807, 2.05) is 19.1 Å². The summed E-state index contributed by atoms with van der Waals surface area (Å²) in [7, 11) is 1.62. The van der Waals surface area contributed by atoms with Gasteiger partial charge < -0.3 is 10.2 Å². The Balaban J connectivity index is 1.66. The summed E-state index contributed by atoms with van der Waals surface area (Å²) in [5.41, 5.74) is 2.93. The topological polar surface area (TPSA) is 88.1 Å². The van der Waals surface area contributed by atoms with Gasteiger partial charge in [0, 0.05) is 49.7 Å². The number of thiophene rings is 1. The highest BCUT2D eigenvalue weighted by Crippen LogP contribution is 2.38. The number of fused-ring (bicyclic) bond motifs is 1. The Morgan fingerprint density at radius 3 is 2.85 bits per heavy atom. The number of likely N-dealkylation sites (tertiary alicyclic amines) is 1. The molecular formula is C19H19N5O2S. The van der Waals surface area contributed by atoms with E-state index in [4.69, 9.17) is 0 Å². The first-order chi connectivity index (χ1) is 13.1. The van der Waals surface area contributed by atoms with E-state index in [9.17, 15) is 9.59 Å². The summed E-state index contributed by atoms with van der Waals surface area (Å²) in [5.74, 6) is -0.162. The molecule has 0 unspecified atom stereocenters. The minimum absolute atomic E-state index is 0.0523. The van der Waals surface area contributed by atoms with Gasteiger partial charge in [0.15, 0.2) is 0 Å². The Bertz CT molecular complexity index is 1030. The smallest absolute Gasteiger partial charge is 0.272 e. The predicted octanol–water partition coefficient (Wildman–Crippen LogP) is 2.38. The van der Waals surface area contributed by atoms with Gasteiger partial charge in [-0.3, -0.25) is 14.6 Å². The molecular weight excluding hydrogens is 362 g/mol. The number of carbonyl (C=O) groups is 2. The maximum atomic E-state index is 12.8. The van der Waals surface area contributed by atoms with Crippen LogP contribution in [0.3, 0.4) is 0 Å². The second-order valence-corrected chi connectivity index (χ2v) is 7.53.